The van der Waals surface area contributed by atoms with Crippen molar-refractivity contribution in [2.45, 2.75) is 6.92 Å². The Morgan fingerprint density at radius 1 is 1.69 bits per heavy atom. The van der Waals surface area contributed by atoms with Gasteiger partial charge in [-0.25, -0.2) is 4.98 Å². The highest BCUT2D eigenvalue weighted by atomic mass is 16.1. The summed E-state index contributed by atoms with van der Waals surface area (Å²) in [4.78, 5) is 19.7. The smallest absolute Gasteiger partial charge is 0.276 e. The van der Waals surface area contributed by atoms with Crippen LogP contribution in [0.3, 0.4) is 0 Å². The fourth-order valence-corrected chi connectivity index (χ4v) is 1.67. The zero-order valence-electron chi connectivity index (χ0n) is 9.95. The van der Waals surface area contributed by atoms with Crippen LogP contribution in [0.2, 0.25) is 0 Å². The van der Waals surface area contributed by atoms with E-state index in [2.05, 4.69) is 22.2 Å². The van der Waals surface area contributed by atoms with Crippen molar-refractivity contribution in [3.63, 3.8) is 0 Å². The van der Waals surface area contributed by atoms with Gasteiger partial charge in [0.1, 0.15) is 5.69 Å². The van der Waals surface area contributed by atoms with Crippen LogP contribution in [-0.4, -0.2) is 37.2 Å². The van der Waals surface area contributed by atoms with Gasteiger partial charge < -0.3 is 20.9 Å². The van der Waals surface area contributed by atoms with Crippen molar-refractivity contribution in [3.8, 4) is 0 Å². The second-order valence-corrected chi connectivity index (χ2v) is 4.01. The summed E-state index contributed by atoms with van der Waals surface area (Å²) in [6, 6.07) is 0. The largest absolute Gasteiger partial charge is 0.391 e. The van der Waals surface area contributed by atoms with Gasteiger partial charge in [-0.1, -0.05) is 6.92 Å². The van der Waals surface area contributed by atoms with Gasteiger partial charge in [-0.2, -0.15) is 0 Å². The molecular formula is C10H19N5O. The average molecular weight is 225 g/mol. The molecular weight excluding hydrogens is 206 g/mol. The first kappa shape index (κ1) is 12.5. The van der Waals surface area contributed by atoms with Crippen LogP contribution in [0.5, 0.6) is 0 Å². The van der Waals surface area contributed by atoms with Gasteiger partial charge in [-0.15, -0.1) is 0 Å². The summed E-state index contributed by atoms with van der Waals surface area (Å²) in [5.41, 5.74) is 5.54. The zero-order valence-corrected chi connectivity index (χ0v) is 9.95. The molecule has 90 valence electrons. The third kappa shape index (κ3) is 2.96. The minimum absolute atomic E-state index is 0.168. The minimum Gasteiger partial charge on any atom is -0.391 e. The number of nitrogens with two attached hydrogens (primary N) is 1. The molecule has 1 heterocycles. The molecule has 6 nitrogen and oxygen atoms in total. The summed E-state index contributed by atoms with van der Waals surface area (Å²) >= 11 is 0. The van der Waals surface area contributed by atoms with Crippen LogP contribution in [0.15, 0.2) is 11.1 Å². The van der Waals surface area contributed by atoms with Crippen molar-refractivity contribution in [1.82, 2.24) is 15.3 Å². The Hall–Kier alpha value is -1.56. The Bertz CT molecular complexity index is 389. The first-order valence-corrected chi connectivity index (χ1v) is 5.25. The quantitative estimate of drug-likeness (QED) is 0.637. The molecule has 0 aliphatic carbocycles. The van der Waals surface area contributed by atoms with Gasteiger partial charge >= 0.3 is 0 Å². The molecule has 0 aromatic carbocycles. The van der Waals surface area contributed by atoms with E-state index in [0.717, 1.165) is 13.1 Å². The number of rotatable bonds is 5. The summed E-state index contributed by atoms with van der Waals surface area (Å²) in [6.07, 6.45) is 1.37. The summed E-state index contributed by atoms with van der Waals surface area (Å²) in [5.74, 6) is 0.988. The molecule has 0 spiro atoms. The third-order valence-corrected chi connectivity index (χ3v) is 2.37. The lowest BCUT2D eigenvalue weighted by atomic mass is 10.1. The molecule has 1 unspecified atom stereocenters. The number of H-pyrrole nitrogens is 1. The van der Waals surface area contributed by atoms with Crippen LogP contribution < -0.4 is 21.5 Å². The summed E-state index contributed by atoms with van der Waals surface area (Å²) < 4.78 is 0. The monoisotopic (exact) mass is 225 g/mol. The lowest BCUT2D eigenvalue weighted by Crippen LogP contribution is -2.31. The number of nitrogens with zero attached hydrogens (tertiary/aromatic N) is 2. The van der Waals surface area contributed by atoms with E-state index >= 15 is 0 Å². The maximum atomic E-state index is 11.3. The zero-order chi connectivity index (χ0) is 12.1. The van der Waals surface area contributed by atoms with E-state index in [4.69, 9.17) is 5.73 Å². The molecule has 16 heavy (non-hydrogen) atoms. The van der Waals surface area contributed by atoms with Crippen molar-refractivity contribution in [1.29, 1.82) is 0 Å². The van der Waals surface area contributed by atoms with Gasteiger partial charge in [0.2, 0.25) is 0 Å². The fraction of sp³-hybridized carbons (Fsp3) is 0.600. The van der Waals surface area contributed by atoms with Crippen LogP contribution in [0.4, 0.5) is 11.5 Å². The summed E-state index contributed by atoms with van der Waals surface area (Å²) in [5, 5.41) is 3.10. The van der Waals surface area contributed by atoms with Crippen molar-refractivity contribution in [2.24, 2.45) is 5.92 Å². The van der Waals surface area contributed by atoms with E-state index in [-0.39, 0.29) is 11.2 Å². The van der Waals surface area contributed by atoms with Crippen LogP contribution in [0.1, 0.15) is 6.92 Å². The van der Waals surface area contributed by atoms with Gasteiger partial charge in [0, 0.05) is 13.6 Å². The summed E-state index contributed by atoms with van der Waals surface area (Å²) in [7, 11) is 3.79. The molecule has 1 atom stereocenters. The van der Waals surface area contributed by atoms with Gasteiger partial charge in [0.25, 0.3) is 5.56 Å². The highest BCUT2D eigenvalue weighted by Gasteiger charge is 2.12. The number of aromatic nitrogens is 2. The predicted molar refractivity (Wildman–Crippen MR) is 65.6 cm³/mol. The fourth-order valence-electron chi connectivity index (χ4n) is 1.67. The number of nitrogen functional groups attached to an aromatic ring is 1. The van der Waals surface area contributed by atoms with Crippen LogP contribution in [0, 0.1) is 5.92 Å². The Kier molecular flexibility index (Phi) is 4.30. The average Bonchev–Trinajstić information content (AvgIpc) is 2.22. The molecule has 0 aliphatic heterocycles. The van der Waals surface area contributed by atoms with E-state index in [9.17, 15) is 4.79 Å². The number of nitrogens with one attached hydrogen (secondary N) is 2. The molecule has 4 N–H and O–H groups in total. The molecule has 1 aromatic rings. The summed E-state index contributed by atoms with van der Waals surface area (Å²) in [6.45, 7) is 3.82. The number of hydrogen-bond acceptors (Lipinski definition) is 5. The van der Waals surface area contributed by atoms with E-state index in [1.54, 1.807) is 0 Å². The second-order valence-electron chi connectivity index (χ2n) is 4.01. The van der Waals surface area contributed by atoms with E-state index in [1.165, 1.54) is 6.33 Å². The van der Waals surface area contributed by atoms with Crippen LogP contribution in [-0.2, 0) is 0 Å². The minimum atomic E-state index is -0.293. The van der Waals surface area contributed by atoms with Crippen molar-refractivity contribution >= 4 is 11.5 Å². The highest BCUT2D eigenvalue weighted by molar-refractivity contribution is 5.60. The first-order chi connectivity index (χ1) is 7.56. The van der Waals surface area contributed by atoms with Gasteiger partial charge in [-0.3, -0.25) is 4.79 Å². The van der Waals surface area contributed by atoms with Crippen molar-refractivity contribution in [3.05, 3.63) is 16.7 Å². The van der Waals surface area contributed by atoms with Gasteiger partial charge in [-0.05, 0) is 19.5 Å². The molecule has 0 saturated heterocycles. The first-order valence-electron chi connectivity index (χ1n) is 5.25. The highest BCUT2D eigenvalue weighted by Crippen LogP contribution is 2.14. The molecule has 0 aliphatic rings. The molecule has 0 bridgehead atoms. The Morgan fingerprint density at radius 3 is 3.00 bits per heavy atom. The molecule has 0 saturated carbocycles. The lowest BCUT2D eigenvalue weighted by molar-refractivity contribution is 0.541. The van der Waals surface area contributed by atoms with E-state index in [1.807, 2.05) is 19.0 Å². The second kappa shape index (κ2) is 5.50. The topological polar surface area (TPSA) is 87.0 Å². The SMILES string of the molecule is CNCC(C)CN(C)c1nc[nH]c(=O)c1N. The maximum Gasteiger partial charge on any atom is 0.276 e. The molecule has 6 heteroatoms. The Labute approximate surface area is 94.9 Å². The predicted octanol–water partition coefficient (Wildman–Crippen LogP) is -0.356. The van der Waals surface area contributed by atoms with E-state index < -0.39 is 0 Å². The molecule has 1 rings (SSSR count). The maximum absolute atomic E-state index is 11.3. The van der Waals surface area contributed by atoms with Crippen LogP contribution >= 0.6 is 0 Å². The Morgan fingerprint density at radius 2 is 2.38 bits per heavy atom. The molecule has 1 aromatic heterocycles. The lowest BCUT2D eigenvalue weighted by Gasteiger charge is -2.22. The van der Waals surface area contributed by atoms with Crippen LogP contribution in [0.25, 0.3) is 0 Å². The Balaban J connectivity index is 2.76. The number of aromatic amines is 1. The van der Waals surface area contributed by atoms with Gasteiger partial charge in [0.05, 0.1) is 6.33 Å². The van der Waals surface area contributed by atoms with Crippen molar-refractivity contribution < 1.29 is 0 Å². The van der Waals surface area contributed by atoms with E-state index in [0.29, 0.717) is 11.7 Å². The van der Waals surface area contributed by atoms with Gasteiger partial charge in [0.15, 0.2) is 5.82 Å². The molecule has 0 radical (unpaired) electrons. The molecule has 0 fully saturated rings. The number of anilines is 2. The number of hydrogen-bond donors (Lipinski definition) is 3. The molecule has 0 amide bonds. The normalized spacial score (nSPS) is 12.4. The standard InChI is InChI=1S/C10H19N5O/c1-7(4-12-2)5-15(3)9-8(11)10(16)14-6-13-9/h6-7,12H,4-5,11H2,1-3H3,(H,13,14,16). The third-order valence-electron chi connectivity index (χ3n) is 2.37. The van der Waals surface area contributed by atoms with Crippen molar-refractivity contribution in [2.75, 3.05) is 37.8 Å².